The van der Waals surface area contributed by atoms with Crippen LogP contribution in [0.2, 0.25) is 0 Å². The molecule has 16 heavy (non-hydrogen) atoms. The van der Waals surface area contributed by atoms with Crippen molar-refractivity contribution in [3.63, 3.8) is 0 Å². The van der Waals surface area contributed by atoms with Gasteiger partial charge in [0.25, 0.3) is 0 Å². The molecule has 0 radical (unpaired) electrons. The molecule has 1 heterocycles. The van der Waals surface area contributed by atoms with Gasteiger partial charge in [-0.1, -0.05) is 0 Å². The fourth-order valence-corrected chi connectivity index (χ4v) is 1.17. The minimum absolute atomic E-state index is 0.168. The zero-order valence-electron chi connectivity index (χ0n) is 8.52. The van der Waals surface area contributed by atoms with Crippen molar-refractivity contribution < 1.29 is 10.2 Å². The fourth-order valence-electron chi connectivity index (χ4n) is 1.17. The van der Waals surface area contributed by atoms with Gasteiger partial charge in [-0.05, 0) is 12.1 Å². The summed E-state index contributed by atoms with van der Waals surface area (Å²) in [5.74, 6) is 0.609. The topological polar surface area (TPSA) is 106 Å². The average molecular weight is 221 g/mol. The number of aromatic nitrogens is 3. The lowest BCUT2D eigenvalue weighted by Crippen LogP contribution is -1.93. The SMILES string of the molecule is CNc1nnc(Nc2ccc(O)c(O)c2)[nH]1. The predicted octanol–water partition coefficient (Wildman–Crippen LogP) is 1.00. The van der Waals surface area contributed by atoms with Crippen LogP contribution in [0.25, 0.3) is 0 Å². The van der Waals surface area contributed by atoms with Gasteiger partial charge in [0.05, 0.1) is 0 Å². The standard InChI is InChI=1S/C9H11N5O2/c1-10-8-12-9(14-13-8)11-5-2-3-6(15)7(16)4-5/h2-4,15-16H,1H3,(H3,10,11,12,13,14). The van der Waals surface area contributed by atoms with Crippen LogP contribution in [0.3, 0.4) is 0 Å². The molecule has 0 aliphatic carbocycles. The lowest BCUT2D eigenvalue weighted by atomic mass is 10.3. The maximum atomic E-state index is 9.28. The molecule has 1 aromatic heterocycles. The summed E-state index contributed by atoms with van der Waals surface area (Å²) >= 11 is 0. The number of rotatable bonds is 3. The highest BCUT2D eigenvalue weighted by Crippen LogP contribution is 2.28. The second-order valence-corrected chi connectivity index (χ2v) is 3.10. The van der Waals surface area contributed by atoms with E-state index in [0.29, 0.717) is 17.6 Å². The highest BCUT2D eigenvalue weighted by atomic mass is 16.3. The van der Waals surface area contributed by atoms with E-state index in [-0.39, 0.29) is 11.5 Å². The average Bonchev–Trinajstić information content (AvgIpc) is 2.71. The predicted molar refractivity (Wildman–Crippen MR) is 59.0 cm³/mol. The van der Waals surface area contributed by atoms with Gasteiger partial charge in [0.15, 0.2) is 11.5 Å². The molecule has 1 aromatic carbocycles. The van der Waals surface area contributed by atoms with Crippen molar-refractivity contribution in [1.29, 1.82) is 0 Å². The number of hydrogen-bond donors (Lipinski definition) is 5. The van der Waals surface area contributed by atoms with Crippen molar-refractivity contribution in [2.75, 3.05) is 17.7 Å². The van der Waals surface area contributed by atoms with Crippen LogP contribution in [-0.4, -0.2) is 32.4 Å². The smallest absolute Gasteiger partial charge is 0.227 e. The molecule has 0 fully saturated rings. The maximum Gasteiger partial charge on any atom is 0.227 e. The molecule has 7 heteroatoms. The summed E-state index contributed by atoms with van der Waals surface area (Å²) in [6.07, 6.45) is 0. The minimum atomic E-state index is -0.196. The summed E-state index contributed by atoms with van der Waals surface area (Å²) in [5.41, 5.74) is 0.592. The molecule has 2 aromatic rings. The van der Waals surface area contributed by atoms with E-state index >= 15 is 0 Å². The van der Waals surface area contributed by atoms with Gasteiger partial charge in [0.1, 0.15) is 0 Å². The normalized spacial score (nSPS) is 10.1. The van der Waals surface area contributed by atoms with Gasteiger partial charge >= 0.3 is 0 Å². The summed E-state index contributed by atoms with van der Waals surface area (Å²) in [6.45, 7) is 0. The molecule has 0 spiro atoms. The van der Waals surface area contributed by atoms with Crippen LogP contribution in [-0.2, 0) is 0 Å². The van der Waals surface area contributed by atoms with E-state index in [1.165, 1.54) is 12.1 Å². The Kier molecular flexibility index (Phi) is 2.50. The van der Waals surface area contributed by atoms with Crippen molar-refractivity contribution in [1.82, 2.24) is 15.2 Å². The number of phenolic OH excluding ortho intramolecular Hbond substituents is 2. The van der Waals surface area contributed by atoms with Crippen molar-refractivity contribution in [2.24, 2.45) is 0 Å². The van der Waals surface area contributed by atoms with Crippen molar-refractivity contribution in [3.8, 4) is 11.5 Å². The Balaban J connectivity index is 2.17. The van der Waals surface area contributed by atoms with Gasteiger partial charge in [-0.25, -0.2) is 0 Å². The number of phenols is 2. The first kappa shape index (κ1) is 10.1. The molecule has 7 nitrogen and oxygen atoms in total. The van der Waals surface area contributed by atoms with E-state index < -0.39 is 0 Å². The lowest BCUT2D eigenvalue weighted by molar-refractivity contribution is 0.404. The number of anilines is 3. The number of hydrogen-bond acceptors (Lipinski definition) is 6. The minimum Gasteiger partial charge on any atom is -0.504 e. The molecule has 0 atom stereocenters. The molecule has 0 saturated carbocycles. The Hall–Kier alpha value is -2.44. The largest absolute Gasteiger partial charge is 0.504 e. The lowest BCUT2D eigenvalue weighted by Gasteiger charge is -2.03. The molecule has 0 aliphatic heterocycles. The van der Waals surface area contributed by atoms with Gasteiger partial charge in [0, 0.05) is 18.8 Å². The molecule has 84 valence electrons. The molecule has 0 saturated heterocycles. The van der Waals surface area contributed by atoms with Crippen LogP contribution in [0.1, 0.15) is 0 Å². The molecular weight excluding hydrogens is 210 g/mol. The number of benzene rings is 1. The summed E-state index contributed by atoms with van der Waals surface area (Å²) in [5, 5.41) is 31.7. The Morgan fingerprint density at radius 2 is 1.88 bits per heavy atom. The number of nitrogens with one attached hydrogen (secondary N) is 3. The van der Waals surface area contributed by atoms with Crippen LogP contribution in [0.15, 0.2) is 18.2 Å². The van der Waals surface area contributed by atoms with Gasteiger partial charge in [-0.2, -0.15) is 0 Å². The molecule has 0 aliphatic rings. The zero-order chi connectivity index (χ0) is 11.5. The Bertz CT molecular complexity index is 496. The quantitative estimate of drug-likeness (QED) is 0.391. The third kappa shape index (κ3) is 1.97. The van der Waals surface area contributed by atoms with E-state index in [9.17, 15) is 5.11 Å². The summed E-state index contributed by atoms with van der Waals surface area (Å²) in [4.78, 5) is 2.86. The molecule has 0 amide bonds. The van der Waals surface area contributed by atoms with Crippen LogP contribution < -0.4 is 10.6 Å². The maximum absolute atomic E-state index is 9.28. The Morgan fingerprint density at radius 1 is 1.12 bits per heavy atom. The summed E-state index contributed by atoms with van der Waals surface area (Å²) < 4.78 is 0. The first-order valence-corrected chi connectivity index (χ1v) is 4.58. The highest BCUT2D eigenvalue weighted by molar-refractivity contribution is 5.59. The van der Waals surface area contributed by atoms with Crippen LogP contribution in [0.5, 0.6) is 11.5 Å². The van der Waals surface area contributed by atoms with Gasteiger partial charge in [0.2, 0.25) is 11.9 Å². The highest BCUT2D eigenvalue weighted by Gasteiger charge is 2.03. The fraction of sp³-hybridized carbons (Fsp3) is 0.111. The molecule has 0 unspecified atom stereocenters. The Labute approximate surface area is 91.2 Å². The van der Waals surface area contributed by atoms with Crippen molar-refractivity contribution in [3.05, 3.63) is 18.2 Å². The monoisotopic (exact) mass is 221 g/mol. The first-order chi connectivity index (χ1) is 7.69. The van der Waals surface area contributed by atoms with E-state index in [0.717, 1.165) is 0 Å². The third-order valence-electron chi connectivity index (χ3n) is 1.96. The Morgan fingerprint density at radius 3 is 2.50 bits per heavy atom. The molecular formula is C9H11N5O2. The molecule has 0 bridgehead atoms. The summed E-state index contributed by atoms with van der Waals surface area (Å²) in [7, 11) is 1.72. The zero-order valence-corrected chi connectivity index (χ0v) is 8.52. The van der Waals surface area contributed by atoms with Gasteiger partial charge in [-0.3, -0.25) is 4.98 Å². The van der Waals surface area contributed by atoms with E-state index in [1.807, 2.05) is 0 Å². The molecule has 5 N–H and O–H groups in total. The van der Waals surface area contributed by atoms with Crippen molar-refractivity contribution in [2.45, 2.75) is 0 Å². The second kappa shape index (κ2) is 3.97. The third-order valence-corrected chi connectivity index (χ3v) is 1.96. The van der Waals surface area contributed by atoms with Crippen molar-refractivity contribution >= 4 is 17.6 Å². The second-order valence-electron chi connectivity index (χ2n) is 3.10. The van der Waals surface area contributed by atoms with Gasteiger partial charge in [-0.15, -0.1) is 10.2 Å². The van der Waals surface area contributed by atoms with E-state index in [4.69, 9.17) is 5.11 Å². The first-order valence-electron chi connectivity index (χ1n) is 4.58. The van der Waals surface area contributed by atoms with Crippen LogP contribution in [0, 0.1) is 0 Å². The number of H-pyrrole nitrogens is 1. The molecule has 2 rings (SSSR count). The van der Waals surface area contributed by atoms with Crippen LogP contribution >= 0.6 is 0 Å². The number of aromatic amines is 1. The van der Waals surface area contributed by atoms with Crippen LogP contribution in [0.4, 0.5) is 17.6 Å². The van der Waals surface area contributed by atoms with E-state index in [2.05, 4.69) is 25.8 Å². The number of nitrogens with zero attached hydrogens (tertiary/aromatic N) is 2. The van der Waals surface area contributed by atoms with Gasteiger partial charge < -0.3 is 20.8 Å². The van der Waals surface area contributed by atoms with E-state index in [1.54, 1.807) is 13.1 Å². The summed E-state index contributed by atoms with van der Waals surface area (Å²) in [6, 6.07) is 4.38. The number of aromatic hydroxyl groups is 2.